The Labute approximate surface area is 105 Å². The van der Waals surface area contributed by atoms with Crippen LogP contribution < -0.4 is 0 Å². The van der Waals surface area contributed by atoms with Gasteiger partial charge >= 0.3 is 0 Å². The van der Waals surface area contributed by atoms with E-state index < -0.39 is 5.60 Å². The maximum Gasteiger partial charge on any atom is 0.0900 e. The van der Waals surface area contributed by atoms with Crippen LogP contribution in [0.25, 0.3) is 0 Å². The first-order valence-electron chi connectivity index (χ1n) is 5.81. The summed E-state index contributed by atoms with van der Waals surface area (Å²) in [7, 11) is 0. The Bertz CT molecular complexity index is 361. The van der Waals surface area contributed by atoms with Gasteiger partial charge in [0.25, 0.3) is 0 Å². The fourth-order valence-electron chi connectivity index (χ4n) is 2.39. The van der Waals surface area contributed by atoms with E-state index in [0.29, 0.717) is 0 Å². The second kappa shape index (κ2) is 4.86. The van der Waals surface area contributed by atoms with Gasteiger partial charge in [-0.15, -0.1) is 0 Å². The molecule has 0 spiro atoms. The van der Waals surface area contributed by atoms with Crippen LogP contribution in [0.15, 0.2) is 28.7 Å². The molecule has 1 aliphatic heterocycles. The summed E-state index contributed by atoms with van der Waals surface area (Å²) in [5, 5.41) is 10.1. The minimum atomic E-state index is -0.421. The van der Waals surface area contributed by atoms with E-state index in [2.05, 4.69) is 46.0 Å². The first-order chi connectivity index (χ1) is 7.63. The van der Waals surface area contributed by atoms with Crippen LogP contribution in [0.2, 0.25) is 0 Å². The number of halogens is 1. The molecule has 0 saturated carbocycles. The highest BCUT2D eigenvalue weighted by Crippen LogP contribution is 2.28. The molecule has 1 saturated heterocycles. The maximum absolute atomic E-state index is 10.1. The van der Waals surface area contributed by atoms with Crippen LogP contribution in [0.1, 0.15) is 25.3 Å². The fraction of sp³-hybridized carbons (Fsp3) is 0.538. The van der Waals surface area contributed by atoms with Crippen molar-refractivity contribution >= 4 is 15.9 Å². The third-order valence-electron chi connectivity index (χ3n) is 3.10. The SMILES string of the molecule is CCCC1(O)CN(Cc2ccccc2Br)C1. The molecule has 0 amide bonds. The van der Waals surface area contributed by atoms with E-state index in [4.69, 9.17) is 0 Å². The number of aliphatic hydroxyl groups is 1. The van der Waals surface area contributed by atoms with Crippen LogP contribution in [-0.4, -0.2) is 28.7 Å². The molecule has 1 heterocycles. The van der Waals surface area contributed by atoms with Crippen LogP contribution in [-0.2, 0) is 6.54 Å². The normalized spacial score (nSPS) is 19.4. The van der Waals surface area contributed by atoms with Crippen molar-refractivity contribution in [1.29, 1.82) is 0 Å². The third-order valence-corrected chi connectivity index (χ3v) is 3.88. The minimum Gasteiger partial charge on any atom is -0.387 e. The van der Waals surface area contributed by atoms with Crippen LogP contribution >= 0.6 is 15.9 Å². The van der Waals surface area contributed by atoms with E-state index in [1.165, 1.54) is 5.56 Å². The smallest absolute Gasteiger partial charge is 0.0900 e. The summed E-state index contributed by atoms with van der Waals surface area (Å²) in [4.78, 5) is 2.29. The summed E-state index contributed by atoms with van der Waals surface area (Å²) in [5.74, 6) is 0. The Morgan fingerprint density at radius 2 is 2.06 bits per heavy atom. The molecular formula is C13H18BrNO. The maximum atomic E-state index is 10.1. The van der Waals surface area contributed by atoms with Gasteiger partial charge in [0.2, 0.25) is 0 Å². The van der Waals surface area contributed by atoms with Crippen molar-refractivity contribution < 1.29 is 5.11 Å². The second-order valence-corrected chi connectivity index (χ2v) is 5.57. The predicted molar refractivity (Wildman–Crippen MR) is 69.3 cm³/mol. The van der Waals surface area contributed by atoms with Gasteiger partial charge in [0, 0.05) is 24.1 Å². The lowest BCUT2D eigenvalue weighted by Gasteiger charge is -2.46. The van der Waals surface area contributed by atoms with Crippen molar-refractivity contribution in [2.24, 2.45) is 0 Å². The topological polar surface area (TPSA) is 23.5 Å². The molecule has 2 nitrogen and oxygen atoms in total. The Kier molecular flexibility index (Phi) is 3.67. The van der Waals surface area contributed by atoms with Crippen LogP contribution in [0, 0.1) is 0 Å². The monoisotopic (exact) mass is 283 g/mol. The molecule has 0 aromatic heterocycles. The van der Waals surface area contributed by atoms with Crippen LogP contribution in [0.4, 0.5) is 0 Å². The molecular weight excluding hydrogens is 266 g/mol. The molecule has 0 unspecified atom stereocenters. The number of β-amino-alcohol motifs (C(OH)–C–C–N with tert-alkyl or cyclic N) is 1. The summed E-state index contributed by atoms with van der Waals surface area (Å²) < 4.78 is 1.15. The predicted octanol–water partition coefficient (Wildman–Crippen LogP) is 2.80. The molecule has 1 N–H and O–H groups in total. The van der Waals surface area contributed by atoms with Crippen molar-refractivity contribution in [1.82, 2.24) is 4.90 Å². The molecule has 16 heavy (non-hydrogen) atoms. The molecule has 0 atom stereocenters. The van der Waals surface area contributed by atoms with E-state index in [0.717, 1.165) is 36.9 Å². The molecule has 0 radical (unpaired) electrons. The Balaban J connectivity index is 1.88. The fourth-order valence-corrected chi connectivity index (χ4v) is 2.80. The minimum absolute atomic E-state index is 0.421. The number of hydrogen-bond acceptors (Lipinski definition) is 2. The molecule has 1 aromatic carbocycles. The van der Waals surface area contributed by atoms with E-state index in [-0.39, 0.29) is 0 Å². The molecule has 1 fully saturated rings. The zero-order valence-electron chi connectivity index (χ0n) is 9.62. The van der Waals surface area contributed by atoms with Gasteiger partial charge in [-0.3, -0.25) is 4.90 Å². The first-order valence-corrected chi connectivity index (χ1v) is 6.60. The summed E-state index contributed by atoms with van der Waals surface area (Å²) in [6, 6.07) is 8.27. The highest BCUT2D eigenvalue weighted by atomic mass is 79.9. The Hall–Kier alpha value is -0.380. The molecule has 3 heteroatoms. The van der Waals surface area contributed by atoms with Crippen molar-refractivity contribution in [2.45, 2.75) is 31.9 Å². The molecule has 0 bridgehead atoms. The first kappa shape index (κ1) is 12.1. The Morgan fingerprint density at radius 3 is 2.69 bits per heavy atom. The standard InChI is InChI=1S/C13H18BrNO/c1-2-7-13(16)9-15(10-13)8-11-5-3-4-6-12(11)14/h3-6,16H,2,7-10H2,1H3. The van der Waals surface area contributed by atoms with Gasteiger partial charge in [0.15, 0.2) is 0 Å². The van der Waals surface area contributed by atoms with Crippen molar-refractivity contribution in [3.05, 3.63) is 34.3 Å². The molecule has 0 aliphatic carbocycles. The largest absolute Gasteiger partial charge is 0.387 e. The van der Waals surface area contributed by atoms with E-state index in [1.54, 1.807) is 0 Å². The summed E-state index contributed by atoms with van der Waals surface area (Å²) in [6.45, 7) is 4.66. The van der Waals surface area contributed by atoms with E-state index >= 15 is 0 Å². The number of rotatable bonds is 4. The van der Waals surface area contributed by atoms with Gasteiger partial charge in [-0.1, -0.05) is 47.5 Å². The van der Waals surface area contributed by atoms with Gasteiger partial charge in [-0.05, 0) is 18.1 Å². The average Bonchev–Trinajstić information content (AvgIpc) is 2.19. The van der Waals surface area contributed by atoms with Gasteiger partial charge < -0.3 is 5.11 Å². The zero-order chi connectivity index (χ0) is 11.6. The lowest BCUT2D eigenvalue weighted by Crippen LogP contribution is -2.60. The second-order valence-electron chi connectivity index (χ2n) is 4.71. The summed E-state index contributed by atoms with van der Waals surface area (Å²) in [5.41, 5.74) is 0.872. The number of likely N-dealkylation sites (tertiary alicyclic amines) is 1. The van der Waals surface area contributed by atoms with Crippen molar-refractivity contribution in [2.75, 3.05) is 13.1 Å². The quantitative estimate of drug-likeness (QED) is 0.919. The summed E-state index contributed by atoms with van der Waals surface area (Å²) >= 11 is 3.55. The lowest BCUT2D eigenvalue weighted by molar-refractivity contribution is -0.106. The molecule has 1 aliphatic rings. The number of benzene rings is 1. The van der Waals surface area contributed by atoms with Crippen molar-refractivity contribution in [3.8, 4) is 0 Å². The highest BCUT2D eigenvalue weighted by Gasteiger charge is 2.39. The molecule has 2 rings (SSSR count). The lowest BCUT2D eigenvalue weighted by atomic mass is 9.89. The van der Waals surface area contributed by atoms with E-state index in [1.807, 2.05) is 6.07 Å². The Morgan fingerprint density at radius 1 is 1.38 bits per heavy atom. The number of hydrogen-bond donors (Lipinski definition) is 1. The molecule has 1 aromatic rings. The van der Waals surface area contributed by atoms with Gasteiger partial charge in [-0.2, -0.15) is 0 Å². The third kappa shape index (κ3) is 2.65. The van der Waals surface area contributed by atoms with Crippen LogP contribution in [0.3, 0.4) is 0 Å². The van der Waals surface area contributed by atoms with Gasteiger partial charge in [0.1, 0.15) is 0 Å². The summed E-state index contributed by atoms with van der Waals surface area (Å²) in [6.07, 6.45) is 1.97. The van der Waals surface area contributed by atoms with Gasteiger partial charge in [-0.25, -0.2) is 0 Å². The highest BCUT2D eigenvalue weighted by molar-refractivity contribution is 9.10. The van der Waals surface area contributed by atoms with Crippen LogP contribution in [0.5, 0.6) is 0 Å². The van der Waals surface area contributed by atoms with E-state index in [9.17, 15) is 5.11 Å². The average molecular weight is 284 g/mol. The molecule has 88 valence electrons. The zero-order valence-corrected chi connectivity index (χ0v) is 11.2. The van der Waals surface area contributed by atoms with Crippen molar-refractivity contribution in [3.63, 3.8) is 0 Å². The van der Waals surface area contributed by atoms with Gasteiger partial charge in [0.05, 0.1) is 5.60 Å². The number of nitrogens with zero attached hydrogens (tertiary/aromatic N) is 1.